The quantitative estimate of drug-likeness (QED) is 0.576. The third-order valence-electron chi connectivity index (χ3n) is 2.83. The molecule has 0 aromatic carbocycles. The van der Waals surface area contributed by atoms with Crippen LogP contribution < -0.4 is 0 Å². The normalized spacial score (nSPS) is 25.1. The largest absolute Gasteiger partial charge is 0.394 e. The summed E-state index contributed by atoms with van der Waals surface area (Å²) in [4.78, 5) is 0. The van der Waals surface area contributed by atoms with Gasteiger partial charge in [0.15, 0.2) is 0 Å². The molecule has 1 aliphatic rings. The zero-order valence-corrected chi connectivity index (χ0v) is 10.3. The molecule has 17 heavy (non-hydrogen) atoms. The predicted octanol–water partition coefficient (Wildman–Crippen LogP) is 0.332. The fourth-order valence-electron chi connectivity index (χ4n) is 1.92. The second-order valence-corrected chi connectivity index (χ2v) is 4.21. The maximum Gasteiger partial charge on any atom is 0.0835 e. The minimum Gasteiger partial charge on any atom is -0.394 e. The number of aliphatic hydroxyl groups excluding tert-OH is 2. The molecule has 0 unspecified atom stereocenters. The fraction of sp³-hybridized carbons (Fsp3) is 1.00. The Balaban J connectivity index is 1.86. The Morgan fingerprint density at radius 3 is 2.24 bits per heavy atom. The molecule has 0 saturated heterocycles. The van der Waals surface area contributed by atoms with Crippen molar-refractivity contribution in [3.63, 3.8) is 0 Å². The van der Waals surface area contributed by atoms with Crippen molar-refractivity contribution in [2.75, 3.05) is 39.6 Å². The first kappa shape index (κ1) is 14.9. The van der Waals surface area contributed by atoms with Gasteiger partial charge in [0.1, 0.15) is 0 Å². The van der Waals surface area contributed by atoms with E-state index in [1.54, 1.807) is 0 Å². The van der Waals surface area contributed by atoms with Crippen molar-refractivity contribution in [3.8, 4) is 0 Å². The van der Waals surface area contributed by atoms with E-state index < -0.39 is 0 Å². The molecule has 5 heteroatoms. The third-order valence-corrected chi connectivity index (χ3v) is 2.83. The molecule has 2 atom stereocenters. The Hall–Kier alpha value is -0.200. The second-order valence-electron chi connectivity index (χ2n) is 4.21. The van der Waals surface area contributed by atoms with Crippen LogP contribution in [0.4, 0.5) is 0 Å². The molecular formula is C12H24O5. The van der Waals surface area contributed by atoms with Crippen LogP contribution in [-0.2, 0) is 14.2 Å². The van der Waals surface area contributed by atoms with Crippen LogP contribution in [0.15, 0.2) is 0 Å². The minimum absolute atomic E-state index is 0.0158. The summed E-state index contributed by atoms with van der Waals surface area (Å²) in [7, 11) is 0. The summed E-state index contributed by atoms with van der Waals surface area (Å²) < 4.78 is 15.9. The highest BCUT2D eigenvalue weighted by Crippen LogP contribution is 2.20. The van der Waals surface area contributed by atoms with Crippen LogP contribution in [0.1, 0.15) is 25.7 Å². The van der Waals surface area contributed by atoms with Crippen molar-refractivity contribution in [2.24, 2.45) is 0 Å². The number of hydrogen-bond donors (Lipinski definition) is 2. The Morgan fingerprint density at radius 2 is 1.53 bits per heavy atom. The van der Waals surface area contributed by atoms with Crippen LogP contribution in [0.3, 0.4) is 0 Å². The van der Waals surface area contributed by atoms with Crippen molar-refractivity contribution >= 4 is 0 Å². The van der Waals surface area contributed by atoms with Gasteiger partial charge in [0.25, 0.3) is 0 Å². The van der Waals surface area contributed by atoms with Crippen molar-refractivity contribution in [1.82, 2.24) is 0 Å². The fourth-order valence-corrected chi connectivity index (χ4v) is 1.92. The summed E-state index contributed by atoms with van der Waals surface area (Å²) >= 11 is 0. The Kier molecular flexibility index (Phi) is 8.56. The molecule has 0 spiro atoms. The second kappa shape index (κ2) is 9.79. The molecule has 1 rings (SSSR count). The third kappa shape index (κ3) is 6.95. The molecule has 5 nitrogen and oxygen atoms in total. The first-order chi connectivity index (χ1) is 8.34. The zero-order valence-electron chi connectivity index (χ0n) is 10.3. The number of rotatable bonds is 9. The van der Waals surface area contributed by atoms with Crippen molar-refractivity contribution < 1.29 is 24.4 Å². The van der Waals surface area contributed by atoms with Crippen LogP contribution in [0, 0.1) is 0 Å². The van der Waals surface area contributed by atoms with Gasteiger partial charge in [-0.3, -0.25) is 0 Å². The molecule has 1 aliphatic carbocycles. The molecule has 0 radical (unpaired) electrons. The molecule has 1 fully saturated rings. The Morgan fingerprint density at radius 1 is 0.882 bits per heavy atom. The van der Waals surface area contributed by atoms with E-state index in [2.05, 4.69) is 0 Å². The zero-order chi connectivity index (χ0) is 12.3. The first-order valence-electron chi connectivity index (χ1n) is 6.40. The van der Waals surface area contributed by atoms with Gasteiger partial charge in [-0.1, -0.05) is 12.8 Å². The van der Waals surface area contributed by atoms with Crippen LogP contribution in [-0.4, -0.2) is 62.1 Å². The highest BCUT2D eigenvalue weighted by atomic mass is 16.6. The van der Waals surface area contributed by atoms with E-state index in [1.807, 2.05) is 0 Å². The van der Waals surface area contributed by atoms with Gasteiger partial charge in [-0.2, -0.15) is 0 Å². The van der Waals surface area contributed by atoms with E-state index in [-0.39, 0.29) is 18.8 Å². The summed E-state index contributed by atoms with van der Waals surface area (Å²) in [5.74, 6) is 0. The summed E-state index contributed by atoms with van der Waals surface area (Å²) in [5.41, 5.74) is 0. The van der Waals surface area contributed by atoms with E-state index in [1.165, 1.54) is 0 Å². The van der Waals surface area contributed by atoms with Crippen LogP contribution in [0.5, 0.6) is 0 Å². The van der Waals surface area contributed by atoms with Gasteiger partial charge in [0, 0.05) is 0 Å². The van der Waals surface area contributed by atoms with Gasteiger partial charge < -0.3 is 24.4 Å². The van der Waals surface area contributed by atoms with Gasteiger partial charge in [0.05, 0.1) is 51.8 Å². The summed E-state index contributed by atoms with van der Waals surface area (Å²) in [6.07, 6.45) is 3.70. The molecule has 0 aliphatic heterocycles. The summed E-state index contributed by atoms with van der Waals surface area (Å²) in [6.45, 7) is 2.44. The molecule has 0 aromatic heterocycles. The van der Waals surface area contributed by atoms with Crippen LogP contribution in [0.25, 0.3) is 0 Å². The highest BCUT2D eigenvalue weighted by molar-refractivity contribution is 4.74. The van der Waals surface area contributed by atoms with E-state index in [0.29, 0.717) is 33.0 Å². The lowest BCUT2D eigenvalue weighted by Crippen LogP contribution is -2.33. The van der Waals surface area contributed by atoms with Gasteiger partial charge in [-0.25, -0.2) is 0 Å². The molecule has 0 amide bonds. The van der Waals surface area contributed by atoms with E-state index in [0.717, 1.165) is 25.7 Å². The Bertz CT molecular complexity index is 176. The average molecular weight is 248 g/mol. The molecule has 0 aromatic rings. The minimum atomic E-state index is -0.309. The molecule has 2 N–H and O–H groups in total. The van der Waals surface area contributed by atoms with Crippen LogP contribution in [0.2, 0.25) is 0 Å². The molecular weight excluding hydrogens is 224 g/mol. The van der Waals surface area contributed by atoms with Crippen molar-refractivity contribution in [3.05, 3.63) is 0 Å². The van der Waals surface area contributed by atoms with E-state index >= 15 is 0 Å². The summed E-state index contributed by atoms with van der Waals surface area (Å²) in [6, 6.07) is 0. The maximum absolute atomic E-state index is 9.66. The van der Waals surface area contributed by atoms with Gasteiger partial charge in [0.2, 0.25) is 0 Å². The SMILES string of the molecule is OCCOCCOCCO[C@@H]1CCCC[C@H]1O. The average Bonchev–Trinajstić information content (AvgIpc) is 2.35. The Labute approximate surface area is 103 Å². The smallest absolute Gasteiger partial charge is 0.0835 e. The number of aliphatic hydroxyl groups is 2. The molecule has 102 valence electrons. The lowest BCUT2D eigenvalue weighted by molar-refractivity contribution is -0.0765. The lowest BCUT2D eigenvalue weighted by Gasteiger charge is -2.27. The molecule has 1 saturated carbocycles. The summed E-state index contributed by atoms with van der Waals surface area (Å²) in [5, 5.41) is 18.1. The van der Waals surface area contributed by atoms with Crippen LogP contribution >= 0.6 is 0 Å². The number of hydrogen-bond acceptors (Lipinski definition) is 5. The maximum atomic E-state index is 9.66. The van der Waals surface area contributed by atoms with E-state index in [4.69, 9.17) is 19.3 Å². The van der Waals surface area contributed by atoms with E-state index in [9.17, 15) is 5.11 Å². The van der Waals surface area contributed by atoms with Crippen molar-refractivity contribution in [2.45, 2.75) is 37.9 Å². The first-order valence-corrected chi connectivity index (χ1v) is 6.40. The number of ether oxygens (including phenoxy) is 3. The van der Waals surface area contributed by atoms with Gasteiger partial charge in [-0.15, -0.1) is 0 Å². The standard InChI is InChI=1S/C12H24O5/c13-5-6-15-7-8-16-9-10-17-12-4-2-1-3-11(12)14/h11-14H,1-10H2/t11-,12-/m1/s1. The topological polar surface area (TPSA) is 68.2 Å². The molecule has 0 bridgehead atoms. The van der Waals surface area contributed by atoms with Gasteiger partial charge >= 0.3 is 0 Å². The molecule has 0 heterocycles. The monoisotopic (exact) mass is 248 g/mol. The van der Waals surface area contributed by atoms with Crippen molar-refractivity contribution in [1.29, 1.82) is 0 Å². The van der Waals surface area contributed by atoms with Gasteiger partial charge in [-0.05, 0) is 12.8 Å². The lowest BCUT2D eigenvalue weighted by atomic mass is 9.95. The predicted molar refractivity (Wildman–Crippen MR) is 62.9 cm³/mol. The highest BCUT2D eigenvalue weighted by Gasteiger charge is 2.23.